The zero-order chi connectivity index (χ0) is 15.3. The average molecular weight is 299 g/mol. The highest BCUT2D eigenvalue weighted by Gasteiger charge is 2.44. The van der Waals surface area contributed by atoms with E-state index in [4.69, 9.17) is 4.74 Å². The third kappa shape index (κ3) is 1.77. The van der Waals surface area contributed by atoms with Crippen molar-refractivity contribution in [3.05, 3.63) is 35.5 Å². The van der Waals surface area contributed by atoms with Crippen molar-refractivity contribution in [3.63, 3.8) is 0 Å². The molecule has 0 bridgehead atoms. The smallest absolute Gasteiger partial charge is 0.339 e. The number of rotatable bonds is 1. The molecule has 22 heavy (non-hydrogen) atoms. The Balaban J connectivity index is 1.98. The average Bonchev–Trinajstić information content (AvgIpc) is 2.91. The molecule has 0 unspecified atom stereocenters. The summed E-state index contributed by atoms with van der Waals surface area (Å²) in [7, 11) is 1.88. The summed E-state index contributed by atoms with van der Waals surface area (Å²) in [6.45, 7) is 1.69. The van der Waals surface area contributed by atoms with Crippen molar-refractivity contribution in [2.24, 2.45) is 7.05 Å². The van der Waals surface area contributed by atoms with Gasteiger partial charge in [0.2, 0.25) is 0 Å². The van der Waals surface area contributed by atoms with Gasteiger partial charge in [0, 0.05) is 37.2 Å². The predicted molar refractivity (Wildman–Crippen MR) is 80.0 cm³/mol. The van der Waals surface area contributed by atoms with Crippen LogP contribution in [0, 0.1) is 0 Å². The molecule has 2 aliphatic rings. The number of aromatic nitrogens is 2. The van der Waals surface area contributed by atoms with Gasteiger partial charge in [-0.25, -0.2) is 4.79 Å². The molecule has 0 saturated carbocycles. The number of hydrogen-bond acceptors (Lipinski definition) is 4. The van der Waals surface area contributed by atoms with Crippen molar-refractivity contribution >= 4 is 5.97 Å². The minimum absolute atomic E-state index is 0.201. The number of nitrogens with zero attached hydrogens (tertiary/aromatic N) is 2. The quantitative estimate of drug-likeness (QED) is 0.839. The van der Waals surface area contributed by atoms with Crippen LogP contribution in [0.2, 0.25) is 0 Å². The lowest BCUT2D eigenvalue weighted by Gasteiger charge is -2.41. The normalized spacial score (nSPS) is 18.4. The van der Waals surface area contributed by atoms with Crippen molar-refractivity contribution in [1.29, 1.82) is 0 Å². The molecule has 1 aromatic heterocycles. The molecule has 0 radical (unpaired) electrons. The van der Waals surface area contributed by atoms with Crippen molar-refractivity contribution in [2.45, 2.75) is 18.4 Å². The maximum Gasteiger partial charge on any atom is 0.339 e. The molecule has 6 heteroatoms. The molecule has 1 aromatic carbocycles. The van der Waals surface area contributed by atoms with Gasteiger partial charge in [0.25, 0.3) is 0 Å². The van der Waals surface area contributed by atoms with Crippen LogP contribution in [0.15, 0.2) is 24.4 Å². The number of aryl methyl sites for hydroxylation is 1. The second kappa shape index (κ2) is 4.58. The van der Waals surface area contributed by atoms with E-state index in [0.29, 0.717) is 5.75 Å². The fourth-order valence-electron chi connectivity index (χ4n) is 3.48. The molecule has 2 N–H and O–H groups in total. The minimum atomic E-state index is -0.972. The first-order valence-corrected chi connectivity index (χ1v) is 7.41. The standard InChI is InChI=1S/C16H17N3O3/c1-19-9-12-13(18-19)10-3-2-4-11(15(20)21)14(10)22-16(12)5-7-17-8-6-16/h2-4,9,17H,5-8H2,1H3,(H,20,21). The van der Waals surface area contributed by atoms with Crippen molar-refractivity contribution in [1.82, 2.24) is 15.1 Å². The monoisotopic (exact) mass is 299 g/mol. The minimum Gasteiger partial charge on any atom is -0.481 e. The molecule has 0 amide bonds. The summed E-state index contributed by atoms with van der Waals surface area (Å²) in [4.78, 5) is 11.5. The number of piperidine rings is 1. The molecular formula is C16H17N3O3. The molecule has 2 aliphatic heterocycles. The summed E-state index contributed by atoms with van der Waals surface area (Å²) in [5.74, 6) is -0.525. The Labute approximate surface area is 127 Å². The molecule has 1 fully saturated rings. The lowest BCUT2D eigenvalue weighted by molar-refractivity contribution is 0.0286. The number of benzene rings is 1. The molecule has 0 aliphatic carbocycles. The Morgan fingerprint density at radius 1 is 1.41 bits per heavy atom. The van der Waals surface area contributed by atoms with Crippen molar-refractivity contribution in [3.8, 4) is 17.0 Å². The van der Waals surface area contributed by atoms with Gasteiger partial charge in [-0.05, 0) is 25.2 Å². The van der Waals surface area contributed by atoms with Gasteiger partial charge in [0.15, 0.2) is 0 Å². The first-order chi connectivity index (χ1) is 10.6. The van der Waals surface area contributed by atoms with E-state index in [1.54, 1.807) is 16.8 Å². The first-order valence-electron chi connectivity index (χ1n) is 7.41. The first kappa shape index (κ1) is 13.3. The van der Waals surface area contributed by atoms with Crippen molar-refractivity contribution in [2.75, 3.05) is 13.1 Å². The highest BCUT2D eigenvalue weighted by atomic mass is 16.5. The summed E-state index contributed by atoms with van der Waals surface area (Å²) in [5, 5.41) is 17.4. The van der Waals surface area contributed by atoms with Gasteiger partial charge in [0.1, 0.15) is 22.6 Å². The third-order valence-corrected chi connectivity index (χ3v) is 4.53. The summed E-state index contributed by atoms with van der Waals surface area (Å²) in [5.41, 5.74) is 2.39. The van der Waals surface area contributed by atoms with Crippen LogP contribution in [0.5, 0.6) is 5.75 Å². The number of nitrogens with one attached hydrogen (secondary N) is 1. The van der Waals surface area contributed by atoms with E-state index in [-0.39, 0.29) is 5.56 Å². The van der Waals surface area contributed by atoms with E-state index in [1.807, 2.05) is 19.3 Å². The van der Waals surface area contributed by atoms with Crippen molar-refractivity contribution < 1.29 is 14.6 Å². The lowest BCUT2D eigenvalue weighted by atomic mass is 9.81. The van der Waals surface area contributed by atoms with Gasteiger partial charge in [0.05, 0.1) is 0 Å². The van der Waals surface area contributed by atoms with Crippen LogP contribution in [-0.2, 0) is 12.6 Å². The van der Waals surface area contributed by atoms with E-state index in [9.17, 15) is 9.90 Å². The summed E-state index contributed by atoms with van der Waals surface area (Å²) < 4.78 is 8.10. The fourth-order valence-corrected chi connectivity index (χ4v) is 3.48. The molecule has 2 aromatic rings. The number of para-hydroxylation sites is 1. The number of fused-ring (bicyclic) bond motifs is 4. The Hall–Kier alpha value is -2.34. The number of aromatic carboxylic acids is 1. The van der Waals surface area contributed by atoms with E-state index >= 15 is 0 Å². The second-order valence-corrected chi connectivity index (χ2v) is 5.90. The van der Waals surface area contributed by atoms with Gasteiger partial charge in [-0.3, -0.25) is 4.68 Å². The number of carbonyl (C=O) groups is 1. The number of carboxylic acids is 1. The predicted octanol–water partition coefficient (Wildman–Crippen LogP) is 1.76. The van der Waals surface area contributed by atoms with Crippen LogP contribution in [0.1, 0.15) is 28.8 Å². The molecule has 3 heterocycles. The summed E-state index contributed by atoms with van der Waals surface area (Å²) in [6, 6.07) is 5.20. The van der Waals surface area contributed by atoms with E-state index in [0.717, 1.165) is 42.8 Å². The molecule has 0 atom stereocenters. The Kier molecular flexibility index (Phi) is 2.77. The Morgan fingerprint density at radius 3 is 2.91 bits per heavy atom. The van der Waals surface area contributed by atoms with E-state index < -0.39 is 11.6 Å². The van der Waals surface area contributed by atoms with Gasteiger partial charge >= 0.3 is 5.97 Å². The van der Waals surface area contributed by atoms with Gasteiger partial charge in [-0.2, -0.15) is 5.10 Å². The lowest BCUT2D eigenvalue weighted by Crippen LogP contribution is -2.45. The molecule has 1 saturated heterocycles. The largest absolute Gasteiger partial charge is 0.481 e. The SMILES string of the molecule is Cn1cc2c(n1)-c1cccc(C(=O)O)c1OC21CCNCC1. The highest BCUT2D eigenvalue weighted by Crippen LogP contribution is 2.49. The fraction of sp³-hybridized carbons (Fsp3) is 0.375. The molecule has 6 nitrogen and oxygen atoms in total. The summed E-state index contributed by atoms with van der Waals surface area (Å²) in [6.07, 6.45) is 3.61. The van der Waals surface area contributed by atoms with Crippen LogP contribution in [0.25, 0.3) is 11.3 Å². The third-order valence-electron chi connectivity index (χ3n) is 4.53. The zero-order valence-electron chi connectivity index (χ0n) is 12.3. The van der Waals surface area contributed by atoms with Crippen LogP contribution in [-0.4, -0.2) is 33.9 Å². The number of carboxylic acid groups (broad SMARTS) is 1. The van der Waals surface area contributed by atoms with Gasteiger partial charge in [-0.1, -0.05) is 6.07 Å². The van der Waals surface area contributed by atoms with E-state index in [1.165, 1.54) is 0 Å². The van der Waals surface area contributed by atoms with Crippen LogP contribution >= 0.6 is 0 Å². The zero-order valence-corrected chi connectivity index (χ0v) is 12.3. The topological polar surface area (TPSA) is 76.4 Å². The maximum absolute atomic E-state index is 11.5. The Morgan fingerprint density at radius 2 is 2.18 bits per heavy atom. The molecule has 114 valence electrons. The van der Waals surface area contributed by atoms with Gasteiger partial charge in [-0.15, -0.1) is 0 Å². The summed E-state index contributed by atoms with van der Waals surface area (Å²) >= 11 is 0. The second-order valence-electron chi connectivity index (χ2n) is 5.90. The molecular weight excluding hydrogens is 282 g/mol. The van der Waals surface area contributed by atoms with Crippen LogP contribution in [0.3, 0.4) is 0 Å². The van der Waals surface area contributed by atoms with Crippen LogP contribution < -0.4 is 10.1 Å². The highest BCUT2D eigenvalue weighted by molar-refractivity contribution is 5.95. The number of hydrogen-bond donors (Lipinski definition) is 2. The maximum atomic E-state index is 11.5. The molecule has 4 rings (SSSR count). The van der Waals surface area contributed by atoms with Crippen LogP contribution in [0.4, 0.5) is 0 Å². The van der Waals surface area contributed by atoms with E-state index in [2.05, 4.69) is 10.4 Å². The molecule has 1 spiro atoms. The van der Waals surface area contributed by atoms with Gasteiger partial charge < -0.3 is 15.2 Å². The number of ether oxygens (including phenoxy) is 1. The Bertz CT molecular complexity index is 760.